The van der Waals surface area contributed by atoms with E-state index in [4.69, 9.17) is 0 Å². The van der Waals surface area contributed by atoms with E-state index < -0.39 is 0 Å². The summed E-state index contributed by atoms with van der Waals surface area (Å²) in [4.78, 5) is 0. The summed E-state index contributed by atoms with van der Waals surface area (Å²) in [6.45, 7) is 4.47. The Hall–Kier alpha value is -0.820. The highest BCUT2D eigenvalue weighted by molar-refractivity contribution is 9.10. The summed E-state index contributed by atoms with van der Waals surface area (Å²) in [6, 6.07) is 10.9. The Labute approximate surface area is 106 Å². The normalized spacial score (nSPS) is 10.9. The molecule has 0 aliphatic carbocycles. The highest BCUT2D eigenvalue weighted by atomic mass is 79.9. The van der Waals surface area contributed by atoms with Crippen LogP contribution in [-0.4, -0.2) is 0 Å². The zero-order valence-corrected chi connectivity index (χ0v) is 11.5. The summed E-state index contributed by atoms with van der Waals surface area (Å²) < 4.78 is 1.29. The zero-order valence-electron chi connectivity index (χ0n) is 9.89. The second-order valence-corrected chi connectivity index (χ2v) is 4.95. The first-order valence-electron chi connectivity index (χ1n) is 5.97. The molecule has 0 atom stereocenters. The highest BCUT2D eigenvalue weighted by Gasteiger charge is 2.08. The summed E-state index contributed by atoms with van der Waals surface area (Å²) in [5, 5.41) is 2.68. The maximum atomic E-state index is 3.76. The molecule has 0 aliphatic heterocycles. The van der Waals surface area contributed by atoms with E-state index in [9.17, 15) is 0 Å². The summed E-state index contributed by atoms with van der Waals surface area (Å²) >= 11 is 3.76. The van der Waals surface area contributed by atoms with Crippen molar-refractivity contribution in [3.8, 4) is 0 Å². The standard InChI is InChI=1S/C15H17Br/c1-3-7-11-10-12-8-5-6-9-14(12)15(16)13(11)4-2/h5-6,8-10H,3-4,7H2,1-2H3. The molecule has 84 valence electrons. The van der Waals surface area contributed by atoms with E-state index in [0.717, 1.165) is 6.42 Å². The number of fused-ring (bicyclic) bond motifs is 1. The fourth-order valence-corrected chi connectivity index (χ4v) is 3.17. The van der Waals surface area contributed by atoms with Gasteiger partial charge in [-0.05, 0) is 50.7 Å². The van der Waals surface area contributed by atoms with Crippen LogP contribution < -0.4 is 0 Å². The van der Waals surface area contributed by atoms with Gasteiger partial charge in [0.05, 0.1) is 0 Å². The molecule has 0 saturated carbocycles. The van der Waals surface area contributed by atoms with Crippen molar-refractivity contribution in [1.82, 2.24) is 0 Å². The largest absolute Gasteiger partial charge is 0.0651 e. The van der Waals surface area contributed by atoms with Crippen LogP contribution in [0.25, 0.3) is 10.8 Å². The number of benzene rings is 2. The summed E-state index contributed by atoms with van der Waals surface area (Å²) in [5.74, 6) is 0. The van der Waals surface area contributed by atoms with Crippen molar-refractivity contribution in [1.29, 1.82) is 0 Å². The van der Waals surface area contributed by atoms with Gasteiger partial charge in [-0.15, -0.1) is 0 Å². The van der Waals surface area contributed by atoms with Crippen LogP contribution in [0.4, 0.5) is 0 Å². The molecule has 0 aromatic heterocycles. The van der Waals surface area contributed by atoms with Crippen molar-refractivity contribution in [3.05, 3.63) is 45.9 Å². The Balaban J connectivity index is 2.71. The predicted octanol–water partition coefficient (Wildman–Crippen LogP) is 5.12. The van der Waals surface area contributed by atoms with Crippen molar-refractivity contribution in [3.63, 3.8) is 0 Å². The third-order valence-corrected chi connectivity index (χ3v) is 3.96. The average molecular weight is 277 g/mol. The second-order valence-electron chi connectivity index (χ2n) is 4.15. The molecule has 0 unspecified atom stereocenters. The molecule has 0 saturated heterocycles. The van der Waals surface area contributed by atoms with E-state index >= 15 is 0 Å². The summed E-state index contributed by atoms with van der Waals surface area (Å²) in [6.07, 6.45) is 3.48. The topological polar surface area (TPSA) is 0 Å². The molecule has 2 rings (SSSR count). The molecule has 0 radical (unpaired) electrons. The van der Waals surface area contributed by atoms with Gasteiger partial charge in [0.15, 0.2) is 0 Å². The molecular formula is C15H17Br. The monoisotopic (exact) mass is 276 g/mol. The predicted molar refractivity (Wildman–Crippen MR) is 75.0 cm³/mol. The summed E-state index contributed by atoms with van der Waals surface area (Å²) in [7, 11) is 0. The van der Waals surface area contributed by atoms with E-state index in [0.29, 0.717) is 0 Å². The van der Waals surface area contributed by atoms with Gasteiger partial charge in [-0.3, -0.25) is 0 Å². The van der Waals surface area contributed by atoms with Gasteiger partial charge in [0.2, 0.25) is 0 Å². The van der Waals surface area contributed by atoms with Crippen molar-refractivity contribution in [2.45, 2.75) is 33.1 Å². The number of hydrogen-bond acceptors (Lipinski definition) is 0. The van der Waals surface area contributed by atoms with Crippen LogP contribution in [0, 0.1) is 0 Å². The van der Waals surface area contributed by atoms with Crippen molar-refractivity contribution < 1.29 is 0 Å². The van der Waals surface area contributed by atoms with E-state index in [1.54, 1.807) is 0 Å². The first kappa shape index (κ1) is 11.7. The first-order chi connectivity index (χ1) is 7.77. The lowest BCUT2D eigenvalue weighted by molar-refractivity contribution is 0.900. The lowest BCUT2D eigenvalue weighted by Crippen LogP contribution is -1.95. The van der Waals surface area contributed by atoms with Crippen LogP contribution in [0.3, 0.4) is 0 Å². The third-order valence-electron chi connectivity index (χ3n) is 3.05. The lowest BCUT2D eigenvalue weighted by atomic mass is 9.96. The van der Waals surface area contributed by atoms with Crippen LogP contribution in [-0.2, 0) is 12.8 Å². The molecule has 0 bridgehead atoms. The fourth-order valence-electron chi connectivity index (χ4n) is 2.28. The molecule has 2 aromatic rings. The molecule has 0 amide bonds. The van der Waals surface area contributed by atoms with Crippen molar-refractivity contribution in [2.24, 2.45) is 0 Å². The number of hydrogen-bond donors (Lipinski definition) is 0. The number of rotatable bonds is 3. The highest BCUT2D eigenvalue weighted by Crippen LogP contribution is 2.31. The van der Waals surface area contributed by atoms with Crippen molar-refractivity contribution >= 4 is 26.7 Å². The average Bonchev–Trinajstić information content (AvgIpc) is 2.30. The Morgan fingerprint density at radius 3 is 2.56 bits per heavy atom. The molecule has 0 spiro atoms. The maximum Gasteiger partial charge on any atom is 0.0288 e. The molecule has 0 aliphatic rings. The van der Waals surface area contributed by atoms with Crippen LogP contribution >= 0.6 is 15.9 Å². The molecule has 0 N–H and O–H groups in total. The van der Waals surface area contributed by atoms with Crippen LogP contribution in [0.2, 0.25) is 0 Å². The van der Waals surface area contributed by atoms with Gasteiger partial charge in [0.1, 0.15) is 0 Å². The van der Waals surface area contributed by atoms with E-state index in [-0.39, 0.29) is 0 Å². The Morgan fingerprint density at radius 1 is 1.12 bits per heavy atom. The molecule has 0 fully saturated rings. The van der Waals surface area contributed by atoms with Crippen molar-refractivity contribution in [2.75, 3.05) is 0 Å². The molecule has 0 nitrogen and oxygen atoms in total. The number of aryl methyl sites for hydroxylation is 1. The van der Waals surface area contributed by atoms with E-state index in [1.165, 1.54) is 39.2 Å². The minimum Gasteiger partial charge on any atom is -0.0651 e. The first-order valence-corrected chi connectivity index (χ1v) is 6.76. The second kappa shape index (κ2) is 5.01. The molecule has 16 heavy (non-hydrogen) atoms. The SMILES string of the molecule is CCCc1cc2ccccc2c(Br)c1CC. The molecule has 0 heterocycles. The van der Waals surface area contributed by atoms with E-state index in [2.05, 4.69) is 60.1 Å². The minimum atomic E-state index is 1.10. The van der Waals surface area contributed by atoms with Gasteiger partial charge in [0.25, 0.3) is 0 Å². The van der Waals surface area contributed by atoms with Gasteiger partial charge in [-0.2, -0.15) is 0 Å². The summed E-state index contributed by atoms with van der Waals surface area (Å²) in [5.41, 5.74) is 2.97. The lowest BCUT2D eigenvalue weighted by Gasteiger charge is -2.12. The molecule has 1 heteroatoms. The van der Waals surface area contributed by atoms with Crippen LogP contribution in [0.1, 0.15) is 31.4 Å². The Morgan fingerprint density at radius 2 is 1.88 bits per heavy atom. The molecule has 2 aromatic carbocycles. The Bertz CT molecular complexity index is 500. The quantitative estimate of drug-likeness (QED) is 0.730. The minimum absolute atomic E-state index is 1.10. The number of halogens is 1. The van der Waals surface area contributed by atoms with Crippen LogP contribution in [0.5, 0.6) is 0 Å². The van der Waals surface area contributed by atoms with Crippen LogP contribution in [0.15, 0.2) is 34.8 Å². The van der Waals surface area contributed by atoms with E-state index in [1.807, 2.05) is 0 Å². The zero-order chi connectivity index (χ0) is 11.5. The third kappa shape index (κ3) is 2.01. The van der Waals surface area contributed by atoms with Gasteiger partial charge in [0, 0.05) is 4.47 Å². The maximum absolute atomic E-state index is 3.76. The molecular weight excluding hydrogens is 260 g/mol. The van der Waals surface area contributed by atoms with Gasteiger partial charge < -0.3 is 0 Å². The smallest absolute Gasteiger partial charge is 0.0288 e. The van der Waals surface area contributed by atoms with Gasteiger partial charge >= 0.3 is 0 Å². The Kier molecular flexibility index (Phi) is 3.65. The fraction of sp³-hybridized carbons (Fsp3) is 0.333. The van der Waals surface area contributed by atoms with Gasteiger partial charge in [-0.1, -0.05) is 50.6 Å². The van der Waals surface area contributed by atoms with Gasteiger partial charge in [-0.25, -0.2) is 0 Å².